The number of nitrogens with zero attached hydrogens (tertiary/aromatic N) is 2. The summed E-state index contributed by atoms with van der Waals surface area (Å²) in [5.74, 6) is 1.81. The molecular weight excluding hydrogens is 260 g/mol. The highest BCUT2D eigenvalue weighted by molar-refractivity contribution is 6.02. The predicted molar refractivity (Wildman–Crippen MR) is 91.3 cm³/mol. The number of aliphatic imine (C=N–C) groups is 1. The van der Waals surface area contributed by atoms with E-state index in [1.807, 2.05) is 26.8 Å². The summed E-state index contributed by atoms with van der Waals surface area (Å²) in [5.41, 5.74) is 3.14. The molecular formula is C18H28N2O. The summed E-state index contributed by atoms with van der Waals surface area (Å²) in [5, 5.41) is 0. The van der Waals surface area contributed by atoms with Gasteiger partial charge in [-0.05, 0) is 57.3 Å². The number of ether oxygens (including phenoxy) is 1. The minimum absolute atomic E-state index is 0.863. The first-order valence-electron chi connectivity index (χ1n) is 7.54. The van der Waals surface area contributed by atoms with Crippen LogP contribution in [0.5, 0.6) is 0 Å². The van der Waals surface area contributed by atoms with Gasteiger partial charge in [-0.15, -0.1) is 0 Å². The summed E-state index contributed by atoms with van der Waals surface area (Å²) in [6.45, 7) is 16.0. The van der Waals surface area contributed by atoms with Crippen molar-refractivity contribution in [2.75, 3.05) is 20.2 Å². The van der Waals surface area contributed by atoms with Crippen molar-refractivity contribution in [1.82, 2.24) is 4.90 Å². The van der Waals surface area contributed by atoms with Crippen LogP contribution >= 0.6 is 0 Å². The average Bonchev–Trinajstić information content (AvgIpc) is 2.47. The second-order valence-electron chi connectivity index (χ2n) is 5.59. The highest BCUT2D eigenvalue weighted by atomic mass is 16.5. The van der Waals surface area contributed by atoms with Crippen LogP contribution in [0.3, 0.4) is 0 Å². The van der Waals surface area contributed by atoms with Gasteiger partial charge in [0, 0.05) is 24.9 Å². The van der Waals surface area contributed by atoms with E-state index in [2.05, 4.69) is 23.1 Å². The maximum Gasteiger partial charge on any atom is 0.136 e. The lowest BCUT2D eigenvalue weighted by atomic mass is 10.0. The monoisotopic (exact) mass is 288 g/mol. The lowest BCUT2D eigenvalue weighted by molar-refractivity contribution is 0.302. The van der Waals surface area contributed by atoms with E-state index < -0.39 is 0 Å². The van der Waals surface area contributed by atoms with Gasteiger partial charge in [-0.25, -0.2) is 4.99 Å². The largest absolute Gasteiger partial charge is 0.497 e. The molecule has 1 fully saturated rings. The summed E-state index contributed by atoms with van der Waals surface area (Å²) in [7, 11) is 1.69. The number of rotatable bonds is 5. The molecule has 1 aliphatic rings. The predicted octanol–water partition coefficient (Wildman–Crippen LogP) is 4.46. The van der Waals surface area contributed by atoms with Crippen LogP contribution in [-0.4, -0.2) is 30.9 Å². The molecule has 116 valence electrons. The molecule has 1 saturated heterocycles. The molecule has 0 aromatic carbocycles. The van der Waals surface area contributed by atoms with Crippen LogP contribution in [0.4, 0.5) is 0 Å². The Hall–Kier alpha value is -1.77. The van der Waals surface area contributed by atoms with Crippen molar-refractivity contribution >= 4 is 5.84 Å². The van der Waals surface area contributed by atoms with E-state index in [0.29, 0.717) is 0 Å². The van der Waals surface area contributed by atoms with E-state index in [0.717, 1.165) is 41.4 Å². The van der Waals surface area contributed by atoms with Gasteiger partial charge in [0.15, 0.2) is 0 Å². The molecule has 0 aromatic rings. The average molecular weight is 288 g/mol. The Bertz CT molecular complexity index is 473. The van der Waals surface area contributed by atoms with Crippen LogP contribution in [0.2, 0.25) is 0 Å². The van der Waals surface area contributed by atoms with E-state index in [4.69, 9.17) is 4.74 Å². The molecule has 0 spiro atoms. The van der Waals surface area contributed by atoms with Gasteiger partial charge in [0.2, 0.25) is 0 Å². The number of likely N-dealkylation sites (tertiary alicyclic amines) is 1. The Morgan fingerprint density at radius 1 is 1.14 bits per heavy atom. The molecule has 21 heavy (non-hydrogen) atoms. The smallest absolute Gasteiger partial charge is 0.136 e. The van der Waals surface area contributed by atoms with Gasteiger partial charge in [0.1, 0.15) is 11.6 Å². The molecule has 0 bridgehead atoms. The zero-order chi connectivity index (χ0) is 15.8. The Morgan fingerprint density at radius 3 is 2.19 bits per heavy atom. The lowest BCUT2D eigenvalue weighted by Crippen LogP contribution is -2.37. The highest BCUT2D eigenvalue weighted by Crippen LogP contribution is 2.21. The topological polar surface area (TPSA) is 24.8 Å². The normalized spacial score (nSPS) is 16.5. The van der Waals surface area contributed by atoms with Gasteiger partial charge in [0.05, 0.1) is 7.11 Å². The fourth-order valence-electron chi connectivity index (χ4n) is 2.43. The minimum atomic E-state index is 0.863. The third-order valence-corrected chi connectivity index (χ3v) is 3.56. The minimum Gasteiger partial charge on any atom is -0.497 e. The summed E-state index contributed by atoms with van der Waals surface area (Å²) in [4.78, 5) is 6.84. The number of hydrogen-bond acceptors (Lipinski definition) is 2. The van der Waals surface area contributed by atoms with Crippen molar-refractivity contribution in [3.05, 3.63) is 47.9 Å². The highest BCUT2D eigenvalue weighted by Gasteiger charge is 2.19. The first kappa shape index (κ1) is 17.3. The van der Waals surface area contributed by atoms with Crippen molar-refractivity contribution < 1.29 is 4.74 Å². The van der Waals surface area contributed by atoms with E-state index >= 15 is 0 Å². The van der Waals surface area contributed by atoms with Crippen LogP contribution in [0.15, 0.2) is 52.9 Å². The maximum absolute atomic E-state index is 5.47. The van der Waals surface area contributed by atoms with Crippen LogP contribution in [0, 0.1) is 0 Å². The Labute approximate surface area is 129 Å². The van der Waals surface area contributed by atoms with Crippen LogP contribution in [-0.2, 0) is 4.74 Å². The second-order valence-corrected chi connectivity index (χ2v) is 5.59. The number of allylic oxidation sites excluding steroid dienone is 2. The van der Waals surface area contributed by atoms with Gasteiger partial charge < -0.3 is 9.64 Å². The third kappa shape index (κ3) is 4.92. The van der Waals surface area contributed by atoms with Gasteiger partial charge >= 0.3 is 0 Å². The molecule has 0 amide bonds. The molecule has 0 aliphatic carbocycles. The van der Waals surface area contributed by atoms with Crippen molar-refractivity contribution in [2.24, 2.45) is 4.99 Å². The SMILES string of the molecule is C=CN=C(/C(=C/C(OC)=C(C)C)C(=C)C)N1CCCCC1. The molecule has 1 aliphatic heterocycles. The van der Waals surface area contributed by atoms with Crippen molar-refractivity contribution in [2.45, 2.75) is 40.0 Å². The Morgan fingerprint density at radius 2 is 1.76 bits per heavy atom. The quantitative estimate of drug-likeness (QED) is 0.323. The van der Waals surface area contributed by atoms with Crippen LogP contribution in [0.1, 0.15) is 40.0 Å². The summed E-state index contributed by atoms with van der Waals surface area (Å²) in [6.07, 6.45) is 7.35. The fourth-order valence-corrected chi connectivity index (χ4v) is 2.43. The molecule has 0 saturated carbocycles. The molecule has 1 heterocycles. The van der Waals surface area contributed by atoms with Crippen molar-refractivity contribution in [1.29, 1.82) is 0 Å². The third-order valence-electron chi connectivity index (χ3n) is 3.56. The molecule has 0 radical (unpaired) electrons. The van der Waals surface area contributed by atoms with Crippen molar-refractivity contribution in [3.63, 3.8) is 0 Å². The zero-order valence-electron chi connectivity index (χ0n) is 13.9. The van der Waals surface area contributed by atoms with Gasteiger partial charge in [-0.3, -0.25) is 0 Å². The number of hydrogen-bond donors (Lipinski definition) is 0. The molecule has 0 atom stereocenters. The number of amidine groups is 1. The van der Waals surface area contributed by atoms with E-state index in [1.54, 1.807) is 13.3 Å². The Balaban J connectivity index is 3.24. The molecule has 3 nitrogen and oxygen atoms in total. The zero-order valence-corrected chi connectivity index (χ0v) is 13.9. The van der Waals surface area contributed by atoms with Crippen LogP contribution in [0.25, 0.3) is 0 Å². The van der Waals surface area contributed by atoms with Gasteiger partial charge in [-0.1, -0.05) is 13.2 Å². The first-order chi connectivity index (χ1) is 10.0. The maximum atomic E-state index is 5.47. The van der Waals surface area contributed by atoms with E-state index in [9.17, 15) is 0 Å². The fraction of sp³-hybridized carbons (Fsp3) is 0.500. The van der Waals surface area contributed by atoms with Gasteiger partial charge in [0.25, 0.3) is 0 Å². The summed E-state index contributed by atoms with van der Waals surface area (Å²) >= 11 is 0. The van der Waals surface area contributed by atoms with E-state index in [-0.39, 0.29) is 0 Å². The first-order valence-corrected chi connectivity index (χ1v) is 7.54. The lowest BCUT2D eigenvalue weighted by Gasteiger charge is -2.31. The molecule has 3 heteroatoms. The molecule has 1 rings (SSSR count). The number of piperidine rings is 1. The van der Waals surface area contributed by atoms with Crippen LogP contribution < -0.4 is 0 Å². The standard InChI is InChI=1S/C18H28N2O/c1-7-19-18(20-11-9-8-10-12-20)16(14(2)3)13-17(21-6)15(4)5/h7,13H,1-2,8-12H2,3-6H3/b16-13+,19-18?. The Kier molecular flexibility index (Phi) is 7.00. The summed E-state index contributed by atoms with van der Waals surface area (Å²) in [6, 6.07) is 0. The van der Waals surface area contributed by atoms with Crippen molar-refractivity contribution in [3.8, 4) is 0 Å². The second kappa shape index (κ2) is 8.50. The summed E-state index contributed by atoms with van der Waals surface area (Å²) < 4.78 is 5.47. The molecule has 0 aromatic heterocycles. The number of methoxy groups -OCH3 is 1. The molecule has 0 N–H and O–H groups in total. The molecule has 0 unspecified atom stereocenters. The van der Waals surface area contributed by atoms with Gasteiger partial charge in [-0.2, -0.15) is 0 Å². The van der Waals surface area contributed by atoms with E-state index in [1.165, 1.54) is 19.3 Å².